The number of hydrogen-bond donors (Lipinski definition) is 1. The second kappa shape index (κ2) is 4.39. The van der Waals surface area contributed by atoms with Gasteiger partial charge in [0.05, 0.1) is 0 Å². The molecule has 0 amide bonds. The summed E-state index contributed by atoms with van der Waals surface area (Å²) in [4.78, 5) is 9.89. The fourth-order valence-electron chi connectivity index (χ4n) is 1.05. The number of nitrogens with zero attached hydrogens (tertiary/aromatic N) is 1. The van der Waals surface area contributed by atoms with E-state index in [1.165, 1.54) is 6.92 Å². The van der Waals surface area contributed by atoms with Crippen LogP contribution in [0.2, 0.25) is 5.02 Å². The van der Waals surface area contributed by atoms with E-state index in [0.29, 0.717) is 10.6 Å². The van der Waals surface area contributed by atoms with E-state index in [4.69, 9.17) is 11.6 Å². The van der Waals surface area contributed by atoms with Gasteiger partial charge < -0.3 is 5.11 Å². The molecular formula is C9H10ClNO3. The maximum absolute atomic E-state index is 10.4. The largest absolute Gasteiger partial charge is 0.381 e. The second-order valence-electron chi connectivity index (χ2n) is 3.02. The molecule has 1 aromatic rings. The number of aliphatic hydroxyl groups excluding tert-OH is 1. The van der Waals surface area contributed by atoms with Crippen molar-refractivity contribution < 1.29 is 10.0 Å². The molecule has 76 valence electrons. The SMILES string of the molecule is CC([C@H](O)c1ccc(Cl)cc1)[N+](=O)[O-]. The molecule has 0 bridgehead atoms. The molecular weight excluding hydrogens is 206 g/mol. The maximum atomic E-state index is 10.4. The van der Waals surface area contributed by atoms with E-state index in [2.05, 4.69) is 0 Å². The third kappa shape index (κ3) is 2.43. The lowest BCUT2D eigenvalue weighted by Crippen LogP contribution is -2.23. The first-order chi connectivity index (χ1) is 6.52. The Morgan fingerprint density at radius 2 is 1.93 bits per heavy atom. The van der Waals surface area contributed by atoms with Crippen LogP contribution in [0.15, 0.2) is 24.3 Å². The second-order valence-corrected chi connectivity index (χ2v) is 3.46. The first-order valence-corrected chi connectivity index (χ1v) is 4.47. The zero-order chi connectivity index (χ0) is 10.7. The van der Waals surface area contributed by atoms with Crippen molar-refractivity contribution in [3.8, 4) is 0 Å². The Morgan fingerprint density at radius 3 is 2.36 bits per heavy atom. The lowest BCUT2D eigenvalue weighted by molar-refractivity contribution is -0.531. The van der Waals surface area contributed by atoms with Crippen molar-refractivity contribution in [1.82, 2.24) is 0 Å². The normalized spacial score (nSPS) is 14.8. The smallest absolute Gasteiger partial charge is 0.239 e. The molecule has 0 fully saturated rings. The molecule has 0 heterocycles. The number of benzene rings is 1. The monoisotopic (exact) mass is 215 g/mol. The van der Waals surface area contributed by atoms with Gasteiger partial charge in [0.25, 0.3) is 0 Å². The van der Waals surface area contributed by atoms with Gasteiger partial charge in [0.2, 0.25) is 6.04 Å². The van der Waals surface area contributed by atoms with Gasteiger partial charge in [-0.25, -0.2) is 0 Å². The Hall–Kier alpha value is -1.13. The molecule has 1 rings (SSSR count). The molecule has 0 aliphatic heterocycles. The van der Waals surface area contributed by atoms with Gasteiger partial charge in [0.15, 0.2) is 0 Å². The van der Waals surface area contributed by atoms with Crippen LogP contribution in [-0.4, -0.2) is 16.1 Å². The Labute approximate surface area is 86.3 Å². The molecule has 1 aromatic carbocycles. The molecule has 0 aromatic heterocycles. The molecule has 1 unspecified atom stereocenters. The van der Waals surface area contributed by atoms with Crippen LogP contribution in [0.5, 0.6) is 0 Å². The van der Waals surface area contributed by atoms with Crippen LogP contribution < -0.4 is 0 Å². The first-order valence-electron chi connectivity index (χ1n) is 4.09. The van der Waals surface area contributed by atoms with E-state index in [1.807, 2.05) is 0 Å². The van der Waals surface area contributed by atoms with Crippen molar-refractivity contribution in [2.75, 3.05) is 0 Å². The Morgan fingerprint density at radius 1 is 1.43 bits per heavy atom. The molecule has 2 atom stereocenters. The minimum absolute atomic E-state index is 0.499. The summed E-state index contributed by atoms with van der Waals surface area (Å²) in [6.07, 6.45) is -1.10. The first kappa shape index (κ1) is 10.9. The third-order valence-corrected chi connectivity index (χ3v) is 2.25. The summed E-state index contributed by atoms with van der Waals surface area (Å²) in [5.41, 5.74) is 0.499. The predicted octanol–water partition coefficient (Wildman–Crippen LogP) is 2.04. The summed E-state index contributed by atoms with van der Waals surface area (Å²) < 4.78 is 0. The van der Waals surface area contributed by atoms with E-state index >= 15 is 0 Å². The molecule has 0 aliphatic carbocycles. The highest BCUT2D eigenvalue weighted by Crippen LogP contribution is 2.20. The van der Waals surface area contributed by atoms with Gasteiger partial charge in [0.1, 0.15) is 6.10 Å². The lowest BCUT2D eigenvalue weighted by atomic mass is 10.0. The van der Waals surface area contributed by atoms with Crippen LogP contribution in [0.4, 0.5) is 0 Å². The third-order valence-electron chi connectivity index (χ3n) is 2.00. The Kier molecular flexibility index (Phi) is 3.43. The standard InChI is InChI=1S/C9H10ClNO3/c1-6(11(13)14)9(12)7-2-4-8(10)5-3-7/h2-6,9,12H,1H3/t6?,9-/m0/s1. The Balaban J connectivity index is 2.84. The van der Waals surface area contributed by atoms with Crippen LogP contribution in [0.1, 0.15) is 18.6 Å². The van der Waals surface area contributed by atoms with Crippen LogP contribution in [-0.2, 0) is 0 Å². The highest BCUT2D eigenvalue weighted by atomic mass is 35.5. The summed E-state index contributed by atoms with van der Waals surface area (Å²) in [6, 6.07) is 5.32. The van der Waals surface area contributed by atoms with Crippen molar-refractivity contribution in [2.45, 2.75) is 19.1 Å². The topological polar surface area (TPSA) is 63.4 Å². The van der Waals surface area contributed by atoms with Crippen molar-refractivity contribution in [1.29, 1.82) is 0 Å². The minimum atomic E-state index is -1.10. The summed E-state index contributed by atoms with van der Waals surface area (Å²) in [5, 5.41) is 20.5. The zero-order valence-electron chi connectivity index (χ0n) is 7.55. The van der Waals surface area contributed by atoms with Gasteiger partial charge in [-0.2, -0.15) is 0 Å². The van der Waals surface area contributed by atoms with Gasteiger partial charge in [-0.15, -0.1) is 0 Å². The number of rotatable bonds is 3. The van der Waals surface area contributed by atoms with Gasteiger partial charge in [-0.05, 0) is 17.7 Å². The van der Waals surface area contributed by atoms with Gasteiger partial charge in [-0.3, -0.25) is 10.1 Å². The molecule has 1 N–H and O–H groups in total. The predicted molar refractivity (Wildman–Crippen MR) is 52.9 cm³/mol. The van der Waals surface area contributed by atoms with E-state index in [1.54, 1.807) is 24.3 Å². The molecule has 4 nitrogen and oxygen atoms in total. The Bertz CT molecular complexity index is 325. The van der Waals surface area contributed by atoms with E-state index < -0.39 is 17.1 Å². The van der Waals surface area contributed by atoms with Crippen LogP contribution in [0.25, 0.3) is 0 Å². The fourth-order valence-corrected chi connectivity index (χ4v) is 1.18. The molecule has 0 saturated carbocycles. The summed E-state index contributed by atoms with van der Waals surface area (Å²) in [6.45, 7) is 1.36. The molecule has 0 saturated heterocycles. The van der Waals surface area contributed by atoms with Crippen molar-refractivity contribution in [2.24, 2.45) is 0 Å². The number of hydrogen-bond acceptors (Lipinski definition) is 3. The van der Waals surface area contributed by atoms with Gasteiger partial charge in [-0.1, -0.05) is 23.7 Å². The highest BCUT2D eigenvalue weighted by molar-refractivity contribution is 6.30. The van der Waals surface area contributed by atoms with E-state index in [0.717, 1.165) is 0 Å². The number of aliphatic hydroxyl groups is 1. The average Bonchev–Trinajstić information content (AvgIpc) is 2.16. The number of nitro groups is 1. The minimum Gasteiger partial charge on any atom is -0.381 e. The van der Waals surface area contributed by atoms with Crippen molar-refractivity contribution >= 4 is 11.6 Å². The summed E-state index contributed by atoms with van der Waals surface area (Å²) >= 11 is 5.64. The average molecular weight is 216 g/mol. The van der Waals surface area contributed by atoms with E-state index in [9.17, 15) is 15.2 Å². The lowest BCUT2D eigenvalue weighted by Gasteiger charge is -2.12. The molecule has 0 spiro atoms. The number of halogens is 1. The highest BCUT2D eigenvalue weighted by Gasteiger charge is 2.25. The van der Waals surface area contributed by atoms with Crippen LogP contribution >= 0.6 is 11.6 Å². The quantitative estimate of drug-likeness (QED) is 0.620. The van der Waals surface area contributed by atoms with Crippen LogP contribution in [0.3, 0.4) is 0 Å². The molecule has 0 aliphatic rings. The fraction of sp³-hybridized carbons (Fsp3) is 0.333. The van der Waals surface area contributed by atoms with Gasteiger partial charge in [0, 0.05) is 16.9 Å². The van der Waals surface area contributed by atoms with E-state index in [-0.39, 0.29) is 0 Å². The van der Waals surface area contributed by atoms with Gasteiger partial charge >= 0.3 is 0 Å². The molecule has 14 heavy (non-hydrogen) atoms. The zero-order valence-corrected chi connectivity index (χ0v) is 8.31. The maximum Gasteiger partial charge on any atom is 0.239 e. The molecule has 0 radical (unpaired) electrons. The molecule has 5 heteroatoms. The van der Waals surface area contributed by atoms with Crippen molar-refractivity contribution in [3.63, 3.8) is 0 Å². The summed E-state index contributed by atoms with van der Waals surface area (Å²) in [7, 11) is 0. The van der Waals surface area contributed by atoms with Crippen LogP contribution in [0, 0.1) is 10.1 Å². The summed E-state index contributed by atoms with van der Waals surface area (Å²) in [5.74, 6) is 0. The van der Waals surface area contributed by atoms with Crippen molar-refractivity contribution in [3.05, 3.63) is 45.0 Å².